The number of fused-ring (bicyclic) bond motifs is 3. The second-order valence-corrected chi connectivity index (χ2v) is 15.7. The molecule has 48 heavy (non-hydrogen) atoms. The number of para-hydroxylation sites is 1. The van der Waals surface area contributed by atoms with Gasteiger partial charge in [0.25, 0.3) is 0 Å². The Morgan fingerprint density at radius 1 is 0.458 bits per heavy atom. The number of benzene rings is 7. The smallest absolute Gasteiger partial charge is 0.181 e. The number of nitrogens with zero attached hydrogens (tertiary/aromatic N) is 3. The van der Waals surface area contributed by atoms with Gasteiger partial charge in [-0.2, -0.15) is 10.5 Å². The van der Waals surface area contributed by atoms with E-state index in [2.05, 4.69) is 156 Å². The fraction of sp³-hybridized carbons (Fsp3) is 0. The van der Waals surface area contributed by atoms with E-state index in [9.17, 15) is 10.5 Å². The first kappa shape index (κ1) is 29.0. The van der Waals surface area contributed by atoms with Crippen LogP contribution in [-0.4, -0.2) is 12.6 Å². The van der Waals surface area contributed by atoms with Crippen molar-refractivity contribution in [2.45, 2.75) is 0 Å². The molecule has 8 aromatic rings. The predicted octanol–water partition coefficient (Wildman–Crippen LogP) is 7.57. The van der Waals surface area contributed by atoms with Crippen LogP contribution in [0, 0.1) is 22.7 Å². The molecule has 0 atom stereocenters. The van der Waals surface area contributed by atoms with Crippen molar-refractivity contribution in [3.8, 4) is 29.0 Å². The molecule has 0 bridgehead atoms. The molecule has 1 aromatic heterocycles. The van der Waals surface area contributed by atoms with Crippen LogP contribution in [0.15, 0.2) is 176 Å². The number of rotatable bonds is 6. The van der Waals surface area contributed by atoms with Gasteiger partial charge in [0.1, 0.15) is 0 Å². The molecule has 224 valence electrons. The van der Waals surface area contributed by atoms with E-state index < -0.39 is 8.07 Å². The van der Waals surface area contributed by atoms with Gasteiger partial charge in [-0.3, -0.25) is 0 Å². The maximum absolute atomic E-state index is 10.5. The van der Waals surface area contributed by atoms with Gasteiger partial charge in [0.05, 0.1) is 34.3 Å². The van der Waals surface area contributed by atoms with Crippen molar-refractivity contribution >= 4 is 50.6 Å². The lowest BCUT2D eigenvalue weighted by atomic mass is 10.1. The summed E-state index contributed by atoms with van der Waals surface area (Å²) in [7, 11) is -3.00. The molecule has 3 nitrogen and oxygen atoms in total. The van der Waals surface area contributed by atoms with Gasteiger partial charge in [-0.1, -0.05) is 133 Å². The van der Waals surface area contributed by atoms with E-state index in [1.165, 1.54) is 15.6 Å². The minimum Gasteiger partial charge on any atom is -0.309 e. The molecule has 0 aliphatic carbocycles. The van der Waals surface area contributed by atoms with Crippen LogP contribution in [0.25, 0.3) is 38.6 Å². The van der Waals surface area contributed by atoms with Crippen LogP contribution in [0.1, 0.15) is 11.1 Å². The highest BCUT2D eigenvalue weighted by molar-refractivity contribution is 7.20. The molecule has 8 rings (SSSR count). The summed E-state index contributed by atoms with van der Waals surface area (Å²) in [5.41, 5.74) is 6.83. The summed E-state index contributed by atoms with van der Waals surface area (Å²) in [4.78, 5) is 0. The lowest BCUT2D eigenvalue weighted by Crippen LogP contribution is -2.75. The Balaban J connectivity index is 1.37. The topological polar surface area (TPSA) is 52.5 Å². The van der Waals surface area contributed by atoms with Crippen LogP contribution in [0.3, 0.4) is 0 Å². The molecule has 4 heteroatoms. The van der Waals surface area contributed by atoms with E-state index in [1.54, 1.807) is 0 Å². The van der Waals surface area contributed by atoms with Gasteiger partial charge in [0, 0.05) is 16.5 Å². The van der Waals surface area contributed by atoms with E-state index in [-0.39, 0.29) is 0 Å². The van der Waals surface area contributed by atoms with Gasteiger partial charge in [-0.05, 0) is 74.3 Å². The first-order valence-electron chi connectivity index (χ1n) is 16.0. The third kappa shape index (κ3) is 4.55. The molecule has 0 N–H and O–H groups in total. The van der Waals surface area contributed by atoms with Crippen molar-refractivity contribution in [2.24, 2.45) is 0 Å². The third-order valence-corrected chi connectivity index (χ3v) is 14.3. The summed E-state index contributed by atoms with van der Waals surface area (Å²) < 4.78 is 2.28. The maximum Gasteiger partial charge on any atom is 0.181 e. The van der Waals surface area contributed by atoms with Crippen LogP contribution in [0.2, 0.25) is 0 Å². The predicted molar refractivity (Wildman–Crippen MR) is 199 cm³/mol. The summed E-state index contributed by atoms with van der Waals surface area (Å²) in [6.45, 7) is 0. The molecular formula is C44H29N3Si. The highest BCUT2D eigenvalue weighted by Gasteiger charge is 2.44. The third-order valence-electron chi connectivity index (χ3n) is 9.43. The van der Waals surface area contributed by atoms with Gasteiger partial charge in [0.2, 0.25) is 0 Å². The van der Waals surface area contributed by atoms with E-state index >= 15 is 0 Å². The summed E-state index contributed by atoms with van der Waals surface area (Å²) >= 11 is 0. The minimum atomic E-state index is -3.00. The minimum absolute atomic E-state index is 0.653. The van der Waals surface area contributed by atoms with Gasteiger partial charge >= 0.3 is 0 Å². The molecule has 0 fully saturated rings. The molecule has 0 radical (unpaired) electrons. The quantitative estimate of drug-likeness (QED) is 0.141. The van der Waals surface area contributed by atoms with Crippen molar-refractivity contribution in [1.82, 2.24) is 4.57 Å². The number of hydrogen-bond donors (Lipinski definition) is 0. The van der Waals surface area contributed by atoms with Crippen molar-refractivity contribution in [3.63, 3.8) is 0 Å². The Morgan fingerprint density at radius 2 is 1.04 bits per heavy atom. The standard InChI is InChI=1S/C44H29N3Si/c45-30-32-23-28-42-40(29-32)39-19-8-10-20-41(39)47(42)35-26-24-33(25-27-35)38-18-9-12-22-44(38)48(36-14-3-1-4-15-36,37-16-5-2-6-17-37)43-21-11-7-13-34(43)31-46/h1-29H. The normalized spacial score (nSPS) is 11.3. The molecule has 0 saturated heterocycles. The molecular weight excluding hydrogens is 599 g/mol. The van der Waals surface area contributed by atoms with Crippen LogP contribution in [-0.2, 0) is 0 Å². The van der Waals surface area contributed by atoms with Crippen molar-refractivity contribution in [2.75, 3.05) is 0 Å². The van der Waals surface area contributed by atoms with Crippen LogP contribution >= 0.6 is 0 Å². The largest absolute Gasteiger partial charge is 0.309 e. The van der Waals surface area contributed by atoms with E-state index in [4.69, 9.17) is 0 Å². The zero-order valence-electron chi connectivity index (χ0n) is 26.1. The van der Waals surface area contributed by atoms with Crippen molar-refractivity contribution in [3.05, 3.63) is 187 Å². The number of hydrogen-bond acceptors (Lipinski definition) is 2. The Kier molecular flexibility index (Phi) is 7.27. The second-order valence-electron chi connectivity index (χ2n) is 11.9. The van der Waals surface area contributed by atoms with Crippen LogP contribution in [0.5, 0.6) is 0 Å². The van der Waals surface area contributed by atoms with Crippen LogP contribution < -0.4 is 20.7 Å². The van der Waals surface area contributed by atoms with Crippen molar-refractivity contribution < 1.29 is 0 Å². The Bertz CT molecular complexity index is 2480. The molecule has 7 aromatic carbocycles. The summed E-state index contributed by atoms with van der Waals surface area (Å²) in [6, 6.07) is 66.2. The molecule has 0 aliphatic rings. The Labute approximate surface area is 280 Å². The van der Waals surface area contributed by atoms with Gasteiger partial charge in [0.15, 0.2) is 8.07 Å². The van der Waals surface area contributed by atoms with Crippen molar-refractivity contribution in [1.29, 1.82) is 10.5 Å². The Hall–Kier alpha value is -6.46. The SMILES string of the molecule is N#Cc1ccc2c(c1)c1ccccc1n2-c1ccc(-c2ccccc2[Si](c2ccccc2)(c2ccccc2)c2ccccc2C#N)cc1. The van der Waals surface area contributed by atoms with Gasteiger partial charge in [-0.15, -0.1) is 0 Å². The lowest BCUT2D eigenvalue weighted by Gasteiger charge is -2.36. The number of nitriles is 2. The average molecular weight is 628 g/mol. The highest BCUT2D eigenvalue weighted by atomic mass is 28.3. The molecule has 0 saturated carbocycles. The van der Waals surface area contributed by atoms with E-state index in [0.717, 1.165) is 43.8 Å². The second kappa shape index (κ2) is 12.0. The molecule has 0 amide bonds. The molecule has 1 heterocycles. The fourth-order valence-electron chi connectivity index (χ4n) is 7.39. The first-order valence-corrected chi connectivity index (χ1v) is 18.0. The molecule has 0 spiro atoms. The maximum atomic E-state index is 10.5. The summed E-state index contributed by atoms with van der Waals surface area (Å²) in [5.74, 6) is 0. The van der Waals surface area contributed by atoms with Gasteiger partial charge < -0.3 is 4.57 Å². The zero-order valence-corrected chi connectivity index (χ0v) is 27.1. The monoisotopic (exact) mass is 627 g/mol. The fourth-order valence-corrected chi connectivity index (χ4v) is 12.5. The molecule has 0 aliphatic heterocycles. The van der Waals surface area contributed by atoms with Gasteiger partial charge in [-0.25, -0.2) is 0 Å². The molecule has 0 unspecified atom stereocenters. The first-order chi connectivity index (χ1) is 23.7. The Morgan fingerprint density at radius 3 is 1.73 bits per heavy atom. The zero-order chi connectivity index (χ0) is 32.5. The lowest BCUT2D eigenvalue weighted by molar-refractivity contribution is 1.18. The van der Waals surface area contributed by atoms with E-state index in [1.807, 2.05) is 36.4 Å². The summed E-state index contributed by atoms with van der Waals surface area (Å²) in [6.07, 6.45) is 0. The average Bonchev–Trinajstić information content (AvgIpc) is 3.50. The highest BCUT2D eigenvalue weighted by Crippen LogP contribution is 2.33. The van der Waals surface area contributed by atoms with Crippen LogP contribution in [0.4, 0.5) is 0 Å². The summed E-state index contributed by atoms with van der Waals surface area (Å²) in [5, 5.41) is 27.0. The number of aromatic nitrogens is 1. The van der Waals surface area contributed by atoms with E-state index in [0.29, 0.717) is 11.1 Å².